The lowest BCUT2D eigenvalue weighted by molar-refractivity contribution is -0.291. The van der Waals surface area contributed by atoms with Crippen molar-refractivity contribution in [1.82, 2.24) is 19.5 Å². The van der Waals surface area contributed by atoms with Gasteiger partial charge in [0.25, 0.3) is 11.1 Å². The van der Waals surface area contributed by atoms with E-state index >= 15 is 0 Å². The predicted molar refractivity (Wildman–Crippen MR) is 108 cm³/mol. The second-order valence-electron chi connectivity index (χ2n) is 6.92. The average Bonchev–Trinajstić information content (AvgIpc) is 2.74. The second-order valence-corrected chi connectivity index (χ2v) is 7.36. The normalized spacial score (nSPS) is 11.9. The molecule has 0 amide bonds. The van der Waals surface area contributed by atoms with Crippen molar-refractivity contribution in [3.63, 3.8) is 0 Å². The van der Waals surface area contributed by atoms with E-state index in [1.54, 1.807) is 0 Å². The van der Waals surface area contributed by atoms with Crippen molar-refractivity contribution in [1.29, 1.82) is 5.26 Å². The summed E-state index contributed by atoms with van der Waals surface area (Å²) >= 11 is 5.71. The Bertz CT molecular complexity index is 1480. The summed E-state index contributed by atoms with van der Waals surface area (Å²) < 4.78 is 87.3. The topological polar surface area (TPSA) is 140 Å². The molecular weight excluding hydrogens is 510 g/mol. The van der Waals surface area contributed by atoms with Gasteiger partial charge < -0.3 is 15.5 Å². The van der Waals surface area contributed by atoms with Crippen molar-refractivity contribution in [3.05, 3.63) is 72.7 Å². The molecule has 0 spiro atoms. The molecule has 1 aromatic carbocycles. The smallest absolute Gasteiger partial charge is 0.446 e. The zero-order valence-electron chi connectivity index (χ0n) is 17.2. The van der Waals surface area contributed by atoms with E-state index < -0.39 is 58.3 Å². The molecule has 0 saturated heterocycles. The van der Waals surface area contributed by atoms with Crippen molar-refractivity contribution in [2.24, 2.45) is 0 Å². The van der Waals surface area contributed by atoms with Gasteiger partial charge in [-0.3, -0.25) is 14.2 Å². The lowest BCUT2D eigenvalue weighted by Crippen LogP contribution is -2.38. The van der Waals surface area contributed by atoms with Gasteiger partial charge in [-0.2, -0.15) is 27.2 Å². The lowest BCUT2D eigenvalue weighted by Gasteiger charge is -2.22. The first-order valence-corrected chi connectivity index (χ1v) is 9.51. The number of nitrogens with two attached hydrogens (primary N) is 1. The number of nitriles is 1. The van der Waals surface area contributed by atoms with Crippen LogP contribution >= 0.6 is 11.6 Å². The molecule has 0 atom stereocenters. The minimum absolute atomic E-state index is 0.107. The molecule has 3 N–H and O–H groups in total. The zero-order valence-corrected chi connectivity index (χ0v) is 17.9. The fourth-order valence-corrected chi connectivity index (χ4v) is 3.03. The predicted octanol–water partition coefficient (Wildman–Crippen LogP) is 3.38. The van der Waals surface area contributed by atoms with Gasteiger partial charge in [0.1, 0.15) is 17.7 Å². The maximum Gasteiger partial charge on any atom is 0.459 e. The number of nitrogens with zero attached hydrogens (tertiary/aromatic N) is 4. The molecule has 0 radical (unpaired) electrons. The summed E-state index contributed by atoms with van der Waals surface area (Å²) in [6, 6.07) is 2.86. The average molecular weight is 521 g/mol. The zero-order chi connectivity index (χ0) is 26.3. The number of aromatic amines is 1. The monoisotopic (exact) mass is 520 g/mol. The highest BCUT2D eigenvalue weighted by Crippen LogP contribution is 2.46. The number of benzene rings is 1. The quantitative estimate of drug-likeness (QED) is 0.491. The van der Waals surface area contributed by atoms with Crippen molar-refractivity contribution in [2.45, 2.75) is 25.6 Å². The summed E-state index contributed by atoms with van der Waals surface area (Å²) in [5.41, 5.74) is -0.114. The molecule has 0 bridgehead atoms. The van der Waals surface area contributed by atoms with Gasteiger partial charge in [0, 0.05) is 11.1 Å². The van der Waals surface area contributed by atoms with Gasteiger partial charge in [0.2, 0.25) is 5.75 Å². The Morgan fingerprint density at radius 1 is 1.26 bits per heavy atom. The SMILES string of the molecule is Cc1nc(N)c(Cn2cnc(C(F)(F)C(F)(F)F)c(Oc3cc(Cl)cc(C#N)c3F)c2=O)c(=O)[nH]1. The van der Waals surface area contributed by atoms with Crippen LogP contribution < -0.4 is 21.6 Å². The van der Waals surface area contributed by atoms with Crippen LogP contribution in [0.15, 0.2) is 28.0 Å². The van der Waals surface area contributed by atoms with Crippen LogP contribution in [0.25, 0.3) is 0 Å². The van der Waals surface area contributed by atoms with Crippen LogP contribution in [0.4, 0.5) is 32.2 Å². The lowest BCUT2D eigenvalue weighted by atomic mass is 10.2. The first-order valence-electron chi connectivity index (χ1n) is 9.14. The third-order valence-electron chi connectivity index (χ3n) is 4.48. The number of hydrogen-bond acceptors (Lipinski definition) is 7. The van der Waals surface area contributed by atoms with E-state index in [-0.39, 0.29) is 22.2 Å². The van der Waals surface area contributed by atoms with Gasteiger partial charge in [0.15, 0.2) is 17.3 Å². The molecule has 16 heteroatoms. The molecule has 0 aliphatic carbocycles. The van der Waals surface area contributed by atoms with E-state index in [9.17, 15) is 35.9 Å². The number of nitrogens with one attached hydrogen (secondary N) is 1. The Balaban J connectivity index is 2.26. The van der Waals surface area contributed by atoms with E-state index in [2.05, 4.69) is 15.0 Å². The summed E-state index contributed by atoms with van der Waals surface area (Å²) in [4.78, 5) is 34.1. The number of anilines is 1. The van der Waals surface area contributed by atoms with E-state index in [0.29, 0.717) is 17.0 Å². The molecule has 0 saturated carbocycles. The number of aryl methyl sites for hydroxylation is 1. The summed E-state index contributed by atoms with van der Waals surface area (Å²) in [5, 5.41) is 8.61. The molecule has 0 aliphatic rings. The minimum atomic E-state index is -6.22. The van der Waals surface area contributed by atoms with Crippen LogP contribution in [0.2, 0.25) is 5.02 Å². The molecule has 2 aromatic heterocycles. The minimum Gasteiger partial charge on any atom is -0.446 e. The third kappa shape index (κ3) is 4.78. The van der Waals surface area contributed by atoms with Gasteiger partial charge in [-0.25, -0.2) is 14.4 Å². The van der Waals surface area contributed by atoms with Crippen LogP contribution in [0.5, 0.6) is 11.5 Å². The Morgan fingerprint density at radius 2 is 1.91 bits per heavy atom. The van der Waals surface area contributed by atoms with E-state index in [4.69, 9.17) is 27.3 Å². The highest BCUT2D eigenvalue weighted by molar-refractivity contribution is 6.30. The maximum absolute atomic E-state index is 14.5. The third-order valence-corrected chi connectivity index (χ3v) is 4.70. The Kier molecular flexibility index (Phi) is 6.53. The second kappa shape index (κ2) is 8.95. The number of H-pyrrole nitrogens is 1. The first kappa shape index (κ1) is 25.6. The molecule has 35 heavy (non-hydrogen) atoms. The first-order chi connectivity index (χ1) is 16.2. The van der Waals surface area contributed by atoms with Crippen LogP contribution in [0.1, 0.15) is 22.6 Å². The van der Waals surface area contributed by atoms with Gasteiger partial charge >= 0.3 is 12.1 Å². The summed E-state index contributed by atoms with van der Waals surface area (Å²) in [6.07, 6.45) is -5.91. The van der Waals surface area contributed by atoms with Crippen molar-refractivity contribution in [2.75, 3.05) is 5.73 Å². The Morgan fingerprint density at radius 3 is 2.49 bits per heavy atom. The van der Waals surface area contributed by atoms with Crippen molar-refractivity contribution >= 4 is 17.4 Å². The molecule has 3 rings (SSSR count). The summed E-state index contributed by atoms with van der Waals surface area (Å²) in [5.74, 6) is -10.3. The number of hydrogen-bond donors (Lipinski definition) is 2. The van der Waals surface area contributed by atoms with Crippen LogP contribution in [-0.4, -0.2) is 25.7 Å². The van der Waals surface area contributed by atoms with Crippen LogP contribution in [0, 0.1) is 24.1 Å². The molecule has 0 aliphatic heterocycles. The highest BCUT2D eigenvalue weighted by atomic mass is 35.5. The number of aromatic nitrogens is 4. The molecule has 2 heterocycles. The standard InChI is InChI=1S/C19H11ClF6N6O3/c1-7-30-15(28)10(16(33)31-7)5-32-6-29-14(18(22,23)19(24,25)26)13(17(32)34)35-11-3-9(20)2-8(4-27)12(11)21/h2-3,6H,5H2,1H3,(H3,28,30,31,33). The van der Waals surface area contributed by atoms with Crippen LogP contribution in [0.3, 0.4) is 0 Å². The van der Waals surface area contributed by atoms with E-state index in [1.165, 1.54) is 13.0 Å². The van der Waals surface area contributed by atoms with Crippen molar-refractivity contribution in [3.8, 4) is 17.6 Å². The molecule has 9 nitrogen and oxygen atoms in total. The van der Waals surface area contributed by atoms with Gasteiger partial charge in [0.05, 0.1) is 24.0 Å². The molecule has 184 valence electrons. The summed E-state index contributed by atoms with van der Waals surface area (Å²) in [7, 11) is 0. The number of nitrogen functional groups attached to an aromatic ring is 1. The number of halogens is 7. The Hall–Kier alpha value is -4.06. The van der Waals surface area contributed by atoms with Crippen LogP contribution in [-0.2, 0) is 12.5 Å². The largest absolute Gasteiger partial charge is 0.459 e. The van der Waals surface area contributed by atoms with Gasteiger partial charge in [-0.05, 0) is 13.0 Å². The highest BCUT2D eigenvalue weighted by Gasteiger charge is 2.62. The molecule has 0 fully saturated rings. The fraction of sp³-hybridized carbons (Fsp3) is 0.211. The number of alkyl halides is 5. The van der Waals surface area contributed by atoms with E-state index in [0.717, 1.165) is 6.07 Å². The maximum atomic E-state index is 14.5. The molecule has 0 unspecified atom stereocenters. The summed E-state index contributed by atoms with van der Waals surface area (Å²) in [6.45, 7) is 0.625. The van der Waals surface area contributed by atoms with Gasteiger partial charge in [-0.15, -0.1) is 0 Å². The van der Waals surface area contributed by atoms with Crippen molar-refractivity contribution < 1.29 is 31.1 Å². The number of rotatable bonds is 5. The number of ether oxygens (including phenoxy) is 1. The van der Waals surface area contributed by atoms with E-state index in [1.807, 2.05) is 0 Å². The molecule has 3 aromatic rings. The fourth-order valence-electron chi connectivity index (χ4n) is 2.82. The Labute approximate surface area is 195 Å². The molecular formula is C19H11ClF6N6O3. The van der Waals surface area contributed by atoms with Gasteiger partial charge in [-0.1, -0.05) is 11.6 Å².